The Bertz CT molecular complexity index is 403. The van der Waals surface area contributed by atoms with Gasteiger partial charge in [0, 0.05) is 18.8 Å². The molecule has 2 N–H and O–H groups in total. The SMILES string of the molecule is OCCC1CNc2c(cccc2C(F)(F)F)C1. The van der Waals surface area contributed by atoms with Crippen LogP contribution in [0.15, 0.2) is 18.2 Å². The van der Waals surface area contributed by atoms with Crippen molar-refractivity contribution < 1.29 is 18.3 Å². The maximum atomic E-state index is 12.7. The number of nitrogens with one attached hydrogen (secondary N) is 1. The molecule has 1 aliphatic heterocycles. The normalized spacial score (nSPS) is 19.6. The number of hydrogen-bond acceptors (Lipinski definition) is 2. The lowest BCUT2D eigenvalue weighted by Crippen LogP contribution is -2.26. The Morgan fingerprint density at radius 2 is 2.12 bits per heavy atom. The average molecular weight is 245 g/mol. The Balaban J connectivity index is 2.29. The van der Waals surface area contributed by atoms with E-state index in [0.29, 0.717) is 24.9 Å². The van der Waals surface area contributed by atoms with Crippen LogP contribution in [0.4, 0.5) is 18.9 Å². The lowest BCUT2D eigenvalue weighted by Gasteiger charge is -2.28. The fourth-order valence-corrected chi connectivity index (χ4v) is 2.23. The van der Waals surface area contributed by atoms with Crippen LogP contribution in [0.1, 0.15) is 17.5 Å². The largest absolute Gasteiger partial charge is 0.418 e. The van der Waals surface area contributed by atoms with Crippen LogP contribution in [-0.2, 0) is 12.6 Å². The van der Waals surface area contributed by atoms with Crippen molar-refractivity contribution in [3.63, 3.8) is 0 Å². The Hall–Kier alpha value is -1.23. The summed E-state index contributed by atoms with van der Waals surface area (Å²) >= 11 is 0. The standard InChI is InChI=1S/C12H14F3NO/c13-12(14,15)10-3-1-2-9-6-8(4-5-17)7-16-11(9)10/h1-3,8,16-17H,4-7H2. The first kappa shape index (κ1) is 12.2. The molecule has 1 heterocycles. The van der Waals surface area contributed by atoms with Gasteiger partial charge in [0.05, 0.1) is 5.56 Å². The highest BCUT2D eigenvalue weighted by molar-refractivity contribution is 5.60. The summed E-state index contributed by atoms with van der Waals surface area (Å²) in [5.74, 6) is 0.205. The highest BCUT2D eigenvalue weighted by atomic mass is 19.4. The molecule has 0 spiro atoms. The highest BCUT2D eigenvalue weighted by Crippen LogP contribution is 2.39. The number of anilines is 1. The summed E-state index contributed by atoms with van der Waals surface area (Å²) in [6, 6.07) is 4.24. The van der Waals surface area contributed by atoms with Crippen molar-refractivity contribution in [2.45, 2.75) is 19.0 Å². The predicted octanol–water partition coefficient (Wildman–Crippen LogP) is 2.67. The summed E-state index contributed by atoms with van der Waals surface area (Å²) in [6.07, 6.45) is -3.11. The molecule has 0 bridgehead atoms. The van der Waals surface area contributed by atoms with Crippen molar-refractivity contribution in [2.24, 2.45) is 5.92 Å². The van der Waals surface area contributed by atoms with Crippen LogP contribution in [0.25, 0.3) is 0 Å². The molecule has 17 heavy (non-hydrogen) atoms. The molecule has 0 aliphatic carbocycles. The minimum Gasteiger partial charge on any atom is -0.396 e. The number of halogens is 3. The van der Waals surface area contributed by atoms with Crippen LogP contribution < -0.4 is 5.32 Å². The summed E-state index contributed by atoms with van der Waals surface area (Å²) < 4.78 is 38.2. The summed E-state index contributed by atoms with van der Waals surface area (Å²) in [4.78, 5) is 0. The van der Waals surface area contributed by atoms with Crippen LogP contribution in [0.5, 0.6) is 0 Å². The molecule has 0 amide bonds. The number of para-hydroxylation sites is 1. The number of alkyl halides is 3. The van der Waals surface area contributed by atoms with E-state index in [4.69, 9.17) is 5.11 Å². The molecule has 1 atom stereocenters. The van der Waals surface area contributed by atoms with E-state index in [9.17, 15) is 13.2 Å². The van der Waals surface area contributed by atoms with Gasteiger partial charge in [-0.2, -0.15) is 13.2 Å². The van der Waals surface area contributed by atoms with Gasteiger partial charge in [0.25, 0.3) is 0 Å². The zero-order valence-electron chi connectivity index (χ0n) is 9.22. The van der Waals surface area contributed by atoms with Crippen LogP contribution in [0.2, 0.25) is 0 Å². The molecule has 2 rings (SSSR count). The molecule has 1 aliphatic rings. The second kappa shape index (κ2) is 4.56. The number of aliphatic hydroxyl groups excluding tert-OH is 1. The lowest BCUT2D eigenvalue weighted by molar-refractivity contribution is -0.137. The monoisotopic (exact) mass is 245 g/mol. The van der Waals surface area contributed by atoms with Gasteiger partial charge in [0.2, 0.25) is 0 Å². The van der Waals surface area contributed by atoms with Crippen molar-refractivity contribution in [3.05, 3.63) is 29.3 Å². The average Bonchev–Trinajstić information content (AvgIpc) is 2.27. The molecule has 1 aromatic rings. The third-order valence-corrected chi connectivity index (χ3v) is 3.07. The summed E-state index contributed by atoms with van der Waals surface area (Å²) in [7, 11) is 0. The van der Waals surface area contributed by atoms with Gasteiger partial charge < -0.3 is 10.4 Å². The van der Waals surface area contributed by atoms with Crippen LogP contribution in [-0.4, -0.2) is 18.3 Å². The molecule has 0 saturated carbocycles. The van der Waals surface area contributed by atoms with E-state index < -0.39 is 11.7 Å². The number of aliphatic hydroxyl groups is 1. The topological polar surface area (TPSA) is 32.3 Å². The molecule has 94 valence electrons. The van der Waals surface area contributed by atoms with Gasteiger partial charge in [0.15, 0.2) is 0 Å². The van der Waals surface area contributed by atoms with Gasteiger partial charge in [-0.15, -0.1) is 0 Å². The summed E-state index contributed by atoms with van der Waals surface area (Å²) in [5, 5.41) is 11.7. The highest BCUT2D eigenvalue weighted by Gasteiger charge is 2.35. The molecular formula is C12H14F3NO. The van der Waals surface area contributed by atoms with Crippen molar-refractivity contribution in [1.82, 2.24) is 0 Å². The van der Waals surface area contributed by atoms with Gasteiger partial charge in [-0.1, -0.05) is 12.1 Å². The second-order valence-electron chi connectivity index (χ2n) is 4.30. The van der Waals surface area contributed by atoms with Gasteiger partial charge in [-0.3, -0.25) is 0 Å². The van der Waals surface area contributed by atoms with Crippen molar-refractivity contribution >= 4 is 5.69 Å². The first-order valence-corrected chi connectivity index (χ1v) is 5.56. The van der Waals surface area contributed by atoms with E-state index in [2.05, 4.69) is 5.32 Å². The Kier molecular flexibility index (Phi) is 3.28. The third-order valence-electron chi connectivity index (χ3n) is 3.07. The molecule has 1 unspecified atom stereocenters. The van der Waals surface area contributed by atoms with Gasteiger partial charge >= 0.3 is 6.18 Å². The minimum atomic E-state index is -4.32. The Morgan fingerprint density at radius 3 is 2.76 bits per heavy atom. The molecule has 1 aromatic carbocycles. The molecule has 0 saturated heterocycles. The molecule has 5 heteroatoms. The maximum absolute atomic E-state index is 12.7. The van der Waals surface area contributed by atoms with E-state index in [0.717, 1.165) is 6.07 Å². The zero-order chi connectivity index (χ0) is 12.5. The van der Waals surface area contributed by atoms with Crippen LogP contribution in [0, 0.1) is 5.92 Å². The predicted molar refractivity (Wildman–Crippen MR) is 58.8 cm³/mol. The quantitative estimate of drug-likeness (QED) is 0.839. The second-order valence-corrected chi connectivity index (χ2v) is 4.30. The summed E-state index contributed by atoms with van der Waals surface area (Å²) in [5.41, 5.74) is 0.288. The van der Waals surface area contributed by atoms with Crippen molar-refractivity contribution in [2.75, 3.05) is 18.5 Å². The van der Waals surface area contributed by atoms with E-state index in [1.165, 1.54) is 6.07 Å². The molecular weight excluding hydrogens is 231 g/mol. The third kappa shape index (κ3) is 2.54. The van der Waals surface area contributed by atoms with Crippen molar-refractivity contribution in [1.29, 1.82) is 0 Å². The van der Waals surface area contributed by atoms with Gasteiger partial charge in [0.1, 0.15) is 0 Å². The van der Waals surface area contributed by atoms with Crippen molar-refractivity contribution in [3.8, 4) is 0 Å². The fraction of sp³-hybridized carbons (Fsp3) is 0.500. The van der Waals surface area contributed by atoms with Crippen LogP contribution in [0.3, 0.4) is 0 Å². The maximum Gasteiger partial charge on any atom is 0.418 e. The van der Waals surface area contributed by atoms with E-state index in [1.54, 1.807) is 6.07 Å². The molecule has 0 aromatic heterocycles. The summed E-state index contributed by atoms with van der Waals surface area (Å²) in [6.45, 7) is 0.557. The molecule has 2 nitrogen and oxygen atoms in total. The van der Waals surface area contributed by atoms with Gasteiger partial charge in [-0.25, -0.2) is 0 Å². The van der Waals surface area contributed by atoms with E-state index >= 15 is 0 Å². The van der Waals surface area contributed by atoms with Crippen LogP contribution >= 0.6 is 0 Å². The Labute approximate surface area is 97.5 Å². The zero-order valence-corrected chi connectivity index (χ0v) is 9.22. The first-order valence-electron chi connectivity index (χ1n) is 5.56. The first-order chi connectivity index (χ1) is 8.02. The lowest BCUT2D eigenvalue weighted by atomic mass is 9.90. The van der Waals surface area contributed by atoms with E-state index in [-0.39, 0.29) is 18.2 Å². The molecule has 0 radical (unpaired) electrons. The smallest absolute Gasteiger partial charge is 0.396 e. The number of hydrogen-bond donors (Lipinski definition) is 2. The fourth-order valence-electron chi connectivity index (χ4n) is 2.23. The van der Waals surface area contributed by atoms with E-state index in [1.807, 2.05) is 0 Å². The minimum absolute atomic E-state index is 0.0701. The van der Waals surface area contributed by atoms with Gasteiger partial charge in [-0.05, 0) is 30.4 Å². The number of rotatable bonds is 2. The molecule has 0 fully saturated rings. The number of benzene rings is 1. The number of fused-ring (bicyclic) bond motifs is 1. The Morgan fingerprint density at radius 1 is 1.35 bits per heavy atom.